The van der Waals surface area contributed by atoms with Crippen LogP contribution in [-0.2, 0) is 0 Å². The average molecular weight is 516 g/mol. The van der Waals surface area contributed by atoms with Gasteiger partial charge in [0.25, 0.3) is 5.56 Å². The van der Waals surface area contributed by atoms with Crippen molar-refractivity contribution in [1.82, 2.24) is 30.1 Å². The van der Waals surface area contributed by atoms with E-state index in [1.807, 2.05) is 35.9 Å². The van der Waals surface area contributed by atoms with Crippen molar-refractivity contribution < 1.29 is 4.39 Å². The lowest BCUT2D eigenvalue weighted by Gasteiger charge is -2.40. The number of para-hydroxylation sites is 1. The Balaban J connectivity index is 1.42. The number of rotatable bonds is 5. The van der Waals surface area contributed by atoms with Gasteiger partial charge in [0.2, 0.25) is 0 Å². The molecule has 1 saturated carbocycles. The molecule has 0 radical (unpaired) electrons. The Morgan fingerprint density at radius 3 is 2.47 bits per heavy atom. The summed E-state index contributed by atoms with van der Waals surface area (Å²) in [6, 6.07) is 12.9. The highest BCUT2D eigenvalue weighted by Gasteiger charge is 2.35. The quantitative estimate of drug-likeness (QED) is 0.415. The van der Waals surface area contributed by atoms with Crippen molar-refractivity contribution in [2.45, 2.75) is 58.0 Å². The van der Waals surface area contributed by atoms with Gasteiger partial charge in [0.05, 0.1) is 17.2 Å². The van der Waals surface area contributed by atoms with E-state index in [0.717, 1.165) is 47.7 Å². The number of nitrogens with zero attached hydrogens (tertiary/aromatic N) is 6. The lowest BCUT2D eigenvalue weighted by molar-refractivity contribution is 0.192. The lowest BCUT2D eigenvalue weighted by atomic mass is 9.94. The smallest absolute Gasteiger partial charge is 0.253 e. The van der Waals surface area contributed by atoms with E-state index in [0.29, 0.717) is 43.3 Å². The second-order valence-corrected chi connectivity index (χ2v) is 10.7. The number of halogens is 1. The van der Waals surface area contributed by atoms with Gasteiger partial charge in [-0.25, -0.2) is 9.07 Å². The van der Waals surface area contributed by atoms with E-state index in [-0.39, 0.29) is 17.4 Å². The molecule has 1 aliphatic heterocycles. The third-order valence-corrected chi connectivity index (χ3v) is 8.32. The number of anilines is 1. The molecule has 2 fully saturated rings. The molecule has 198 valence electrons. The molecule has 2 aromatic heterocycles. The van der Waals surface area contributed by atoms with Crippen LogP contribution in [0.5, 0.6) is 0 Å². The van der Waals surface area contributed by atoms with Crippen LogP contribution in [0.4, 0.5) is 10.1 Å². The number of pyridine rings is 1. The molecule has 1 saturated heterocycles. The topological polar surface area (TPSA) is 82.9 Å². The summed E-state index contributed by atoms with van der Waals surface area (Å²) in [4.78, 5) is 21.2. The maximum absolute atomic E-state index is 14.5. The molecular formula is C29H34FN7O. The number of aromatic amines is 1. The van der Waals surface area contributed by atoms with Gasteiger partial charge >= 0.3 is 0 Å². The van der Waals surface area contributed by atoms with Gasteiger partial charge in [-0.2, -0.15) is 0 Å². The highest BCUT2D eigenvalue weighted by Crippen LogP contribution is 2.34. The summed E-state index contributed by atoms with van der Waals surface area (Å²) < 4.78 is 16.5. The largest absolute Gasteiger partial charge is 0.367 e. The summed E-state index contributed by atoms with van der Waals surface area (Å²) >= 11 is 0. The van der Waals surface area contributed by atoms with Crippen LogP contribution < -0.4 is 10.5 Å². The first-order valence-electron chi connectivity index (χ1n) is 13.7. The molecule has 2 aromatic carbocycles. The van der Waals surface area contributed by atoms with Crippen LogP contribution in [-0.4, -0.2) is 56.3 Å². The molecule has 1 aliphatic carbocycles. The van der Waals surface area contributed by atoms with E-state index in [9.17, 15) is 9.18 Å². The van der Waals surface area contributed by atoms with Crippen molar-refractivity contribution in [2.75, 3.05) is 31.1 Å². The van der Waals surface area contributed by atoms with Gasteiger partial charge in [0.1, 0.15) is 11.9 Å². The minimum atomic E-state index is -0.400. The first kappa shape index (κ1) is 24.7. The van der Waals surface area contributed by atoms with E-state index in [1.165, 1.54) is 12.5 Å². The Hall–Kier alpha value is -3.59. The van der Waals surface area contributed by atoms with Crippen LogP contribution in [0.15, 0.2) is 47.3 Å². The molecule has 0 bridgehead atoms. The molecule has 8 nitrogen and oxygen atoms in total. The minimum Gasteiger partial charge on any atom is -0.367 e. The maximum atomic E-state index is 14.5. The fourth-order valence-corrected chi connectivity index (χ4v) is 6.19. The molecule has 0 spiro atoms. The van der Waals surface area contributed by atoms with Gasteiger partial charge in [-0.1, -0.05) is 43.5 Å². The van der Waals surface area contributed by atoms with Gasteiger partial charge in [0.15, 0.2) is 5.82 Å². The number of piperazine rings is 1. The van der Waals surface area contributed by atoms with Crippen LogP contribution in [0.1, 0.15) is 66.7 Å². The number of tetrazole rings is 1. The van der Waals surface area contributed by atoms with E-state index >= 15 is 0 Å². The fourth-order valence-electron chi connectivity index (χ4n) is 6.19. The number of H-pyrrole nitrogens is 1. The first-order chi connectivity index (χ1) is 18.5. The lowest BCUT2D eigenvalue weighted by Crippen LogP contribution is -2.49. The highest BCUT2D eigenvalue weighted by molar-refractivity contribution is 5.85. The van der Waals surface area contributed by atoms with Gasteiger partial charge in [-0.3, -0.25) is 9.69 Å². The second-order valence-electron chi connectivity index (χ2n) is 10.7. The Bertz CT molecular complexity index is 1500. The molecular weight excluding hydrogens is 481 g/mol. The minimum absolute atomic E-state index is 0.120. The summed E-state index contributed by atoms with van der Waals surface area (Å²) in [6.45, 7) is 6.68. The Kier molecular flexibility index (Phi) is 6.69. The van der Waals surface area contributed by atoms with Crippen LogP contribution in [0, 0.1) is 19.7 Å². The molecule has 1 N–H and O–H groups in total. The van der Waals surface area contributed by atoms with Gasteiger partial charge in [-0.15, -0.1) is 5.10 Å². The Labute approximate surface area is 221 Å². The molecule has 2 aliphatic rings. The van der Waals surface area contributed by atoms with E-state index in [1.54, 1.807) is 6.07 Å². The number of fused-ring (bicyclic) bond motifs is 1. The molecule has 1 unspecified atom stereocenters. The van der Waals surface area contributed by atoms with Gasteiger partial charge in [-0.05, 0) is 66.4 Å². The van der Waals surface area contributed by atoms with Gasteiger partial charge < -0.3 is 9.88 Å². The number of aryl methyl sites for hydroxylation is 2. The number of nitrogens with one attached hydrogen (secondary N) is 1. The number of benzene rings is 2. The summed E-state index contributed by atoms with van der Waals surface area (Å²) in [5, 5.41) is 14.1. The van der Waals surface area contributed by atoms with Crippen LogP contribution in [0.3, 0.4) is 0 Å². The van der Waals surface area contributed by atoms with Gasteiger partial charge in [0, 0.05) is 37.1 Å². The highest BCUT2D eigenvalue weighted by atomic mass is 19.1. The molecule has 1 atom stereocenters. The Morgan fingerprint density at radius 1 is 0.974 bits per heavy atom. The summed E-state index contributed by atoms with van der Waals surface area (Å²) in [5.41, 5.74) is 4.16. The summed E-state index contributed by atoms with van der Waals surface area (Å²) in [7, 11) is 0. The monoisotopic (exact) mass is 515 g/mol. The zero-order valence-electron chi connectivity index (χ0n) is 22.0. The van der Waals surface area contributed by atoms with Crippen molar-refractivity contribution in [3.05, 3.63) is 81.2 Å². The fraction of sp³-hybridized carbons (Fsp3) is 0.448. The van der Waals surface area contributed by atoms with Crippen molar-refractivity contribution in [2.24, 2.45) is 0 Å². The third-order valence-electron chi connectivity index (χ3n) is 8.32. The third kappa shape index (κ3) is 4.49. The molecule has 38 heavy (non-hydrogen) atoms. The van der Waals surface area contributed by atoms with Crippen molar-refractivity contribution >= 4 is 16.6 Å². The maximum Gasteiger partial charge on any atom is 0.253 e. The molecule has 6 rings (SSSR count). The normalized spacial score (nSPS) is 18.2. The van der Waals surface area contributed by atoms with E-state index in [2.05, 4.69) is 43.3 Å². The number of aromatic nitrogens is 5. The van der Waals surface area contributed by atoms with E-state index < -0.39 is 6.04 Å². The van der Waals surface area contributed by atoms with Crippen LogP contribution >= 0.6 is 0 Å². The number of hydrogen-bond donors (Lipinski definition) is 1. The predicted molar refractivity (Wildman–Crippen MR) is 146 cm³/mol. The molecule has 0 amide bonds. The number of hydrogen-bond acceptors (Lipinski definition) is 6. The predicted octanol–water partition coefficient (Wildman–Crippen LogP) is 4.69. The summed E-state index contributed by atoms with van der Waals surface area (Å²) in [6.07, 6.45) is 5.63. The van der Waals surface area contributed by atoms with Crippen LogP contribution in [0.25, 0.3) is 10.9 Å². The molecule has 4 aromatic rings. The first-order valence-corrected chi connectivity index (χ1v) is 13.7. The molecule has 3 heterocycles. The van der Waals surface area contributed by atoms with Crippen LogP contribution in [0.2, 0.25) is 0 Å². The SMILES string of the molecule is Cc1ccc(C)c2[nH]c(=O)c(C(c3nnnn3C3CCCCC3)N3CCN(c4ccccc4F)CC3)cc12. The van der Waals surface area contributed by atoms with Crippen molar-refractivity contribution in [3.63, 3.8) is 0 Å². The average Bonchev–Trinajstić information content (AvgIpc) is 3.42. The Morgan fingerprint density at radius 2 is 1.71 bits per heavy atom. The molecule has 9 heteroatoms. The van der Waals surface area contributed by atoms with Crippen molar-refractivity contribution in [1.29, 1.82) is 0 Å². The second kappa shape index (κ2) is 10.3. The standard InChI is InChI=1S/C29H34FN7O/c1-19-12-13-20(2)26-22(19)18-23(29(38)31-26)27(28-32-33-34-37(28)21-8-4-3-5-9-21)36-16-14-35(15-17-36)25-11-7-6-10-24(25)30/h6-7,10-13,18,21,27H,3-5,8-9,14-17H2,1-2H3,(H,31,38). The summed E-state index contributed by atoms with van der Waals surface area (Å²) in [5.74, 6) is 0.502. The van der Waals surface area contributed by atoms with Crippen molar-refractivity contribution in [3.8, 4) is 0 Å². The zero-order chi connectivity index (χ0) is 26.2. The zero-order valence-corrected chi connectivity index (χ0v) is 22.0. The van der Waals surface area contributed by atoms with E-state index in [4.69, 9.17) is 0 Å².